The Morgan fingerprint density at radius 3 is 2.51 bits per heavy atom. The fourth-order valence-corrected chi connectivity index (χ4v) is 4.99. The number of hydrogen-bond donors (Lipinski definition) is 2. The highest BCUT2D eigenvalue weighted by molar-refractivity contribution is 6.34. The minimum Gasteiger partial charge on any atom is -0.396 e. The molecule has 3 heterocycles. The molecule has 2 aromatic carbocycles. The zero-order chi connectivity index (χ0) is 26.1. The number of nitrogens with two attached hydrogens (primary N) is 1. The van der Waals surface area contributed by atoms with E-state index in [0.717, 1.165) is 27.6 Å². The first-order valence-electron chi connectivity index (χ1n) is 12.2. The van der Waals surface area contributed by atoms with Crippen LogP contribution in [0.1, 0.15) is 15.9 Å². The molecular weight excluding hydrogens is 488 g/mol. The van der Waals surface area contributed by atoms with Gasteiger partial charge in [-0.1, -0.05) is 35.9 Å². The van der Waals surface area contributed by atoms with Crippen LogP contribution in [-0.2, 0) is 11.2 Å². The Balaban J connectivity index is 1.24. The smallest absolute Gasteiger partial charge is 0.254 e. The standard InChI is InChI=1S/C28H29ClN6O2/c1-33(2)28(37)22-8-7-18(13-23(22)29)19-14-24(30)27(32-16-19)35-11-9-34(10-12-35)26(36)15-20-17-31-25-6-4-3-5-21(20)25/h3-8,13-14,16-17,31H,9-12,15,30H2,1-2H3. The summed E-state index contributed by atoms with van der Waals surface area (Å²) >= 11 is 6.38. The van der Waals surface area contributed by atoms with Gasteiger partial charge in [-0.05, 0) is 35.4 Å². The lowest BCUT2D eigenvalue weighted by atomic mass is 10.0. The second-order valence-corrected chi connectivity index (χ2v) is 9.84. The van der Waals surface area contributed by atoms with Crippen LogP contribution in [0.2, 0.25) is 5.02 Å². The van der Waals surface area contributed by atoms with Crippen LogP contribution in [0.15, 0.2) is 60.9 Å². The minimum absolute atomic E-state index is 0.119. The fourth-order valence-electron chi connectivity index (χ4n) is 4.73. The summed E-state index contributed by atoms with van der Waals surface area (Å²) in [7, 11) is 3.38. The third-order valence-corrected chi connectivity index (χ3v) is 7.10. The Kier molecular flexibility index (Phi) is 6.76. The van der Waals surface area contributed by atoms with Crippen molar-refractivity contribution >= 4 is 45.8 Å². The minimum atomic E-state index is -0.149. The summed E-state index contributed by atoms with van der Waals surface area (Å²) in [4.78, 5) is 38.6. The van der Waals surface area contributed by atoms with Crippen molar-refractivity contribution in [3.63, 3.8) is 0 Å². The molecule has 0 saturated carbocycles. The summed E-state index contributed by atoms with van der Waals surface area (Å²) < 4.78 is 0. The second kappa shape index (κ2) is 10.1. The van der Waals surface area contributed by atoms with Crippen molar-refractivity contribution in [3.05, 3.63) is 77.1 Å². The highest BCUT2D eigenvalue weighted by Gasteiger charge is 2.24. The predicted octanol–water partition coefficient (Wildman–Crippen LogP) is 4.06. The van der Waals surface area contributed by atoms with Crippen LogP contribution in [0.4, 0.5) is 11.5 Å². The van der Waals surface area contributed by atoms with Crippen LogP contribution in [0.3, 0.4) is 0 Å². The molecular formula is C28H29ClN6O2. The number of nitrogens with one attached hydrogen (secondary N) is 1. The maximum atomic E-state index is 13.0. The van der Waals surface area contributed by atoms with Crippen LogP contribution in [0.5, 0.6) is 0 Å². The number of halogens is 1. The number of benzene rings is 2. The molecule has 1 aliphatic heterocycles. The molecule has 37 heavy (non-hydrogen) atoms. The second-order valence-electron chi connectivity index (χ2n) is 9.44. The van der Waals surface area contributed by atoms with E-state index in [2.05, 4.69) is 14.9 Å². The van der Waals surface area contributed by atoms with Crippen molar-refractivity contribution in [3.8, 4) is 11.1 Å². The number of carbonyl (C=O) groups is 2. The molecule has 0 unspecified atom stereocenters. The van der Waals surface area contributed by atoms with Crippen molar-refractivity contribution in [2.24, 2.45) is 0 Å². The molecule has 1 aliphatic rings. The first kappa shape index (κ1) is 24.6. The number of fused-ring (bicyclic) bond motifs is 1. The molecule has 0 aliphatic carbocycles. The number of para-hydroxylation sites is 1. The van der Waals surface area contributed by atoms with E-state index in [1.807, 2.05) is 47.5 Å². The number of piperazine rings is 1. The van der Waals surface area contributed by atoms with Crippen LogP contribution < -0.4 is 10.6 Å². The van der Waals surface area contributed by atoms with Crippen LogP contribution in [0.25, 0.3) is 22.0 Å². The molecule has 0 bridgehead atoms. The van der Waals surface area contributed by atoms with Gasteiger partial charge in [0.25, 0.3) is 5.91 Å². The molecule has 5 rings (SSSR count). The molecule has 0 radical (unpaired) electrons. The Labute approximate surface area is 220 Å². The molecule has 8 nitrogen and oxygen atoms in total. The van der Waals surface area contributed by atoms with Gasteiger partial charge in [-0.25, -0.2) is 4.98 Å². The summed E-state index contributed by atoms with van der Waals surface area (Å²) in [5.74, 6) is 0.676. The molecule has 4 aromatic rings. The monoisotopic (exact) mass is 516 g/mol. The van der Waals surface area contributed by atoms with Gasteiger partial charge in [-0.3, -0.25) is 9.59 Å². The lowest BCUT2D eigenvalue weighted by Crippen LogP contribution is -2.49. The molecule has 1 fully saturated rings. The van der Waals surface area contributed by atoms with Gasteiger partial charge in [0.15, 0.2) is 5.82 Å². The normalized spacial score (nSPS) is 13.7. The Hall–Kier alpha value is -4.04. The van der Waals surface area contributed by atoms with E-state index < -0.39 is 0 Å². The van der Waals surface area contributed by atoms with Gasteiger partial charge in [0.1, 0.15) is 0 Å². The van der Waals surface area contributed by atoms with E-state index in [9.17, 15) is 9.59 Å². The topological polar surface area (TPSA) is 98.6 Å². The lowest BCUT2D eigenvalue weighted by molar-refractivity contribution is -0.130. The first-order valence-corrected chi connectivity index (χ1v) is 12.5. The number of hydrogen-bond acceptors (Lipinski definition) is 5. The zero-order valence-corrected chi connectivity index (χ0v) is 21.6. The van der Waals surface area contributed by atoms with Crippen LogP contribution in [0, 0.1) is 0 Å². The molecule has 190 valence electrons. The van der Waals surface area contributed by atoms with Crippen molar-refractivity contribution in [2.75, 3.05) is 50.9 Å². The fraction of sp³-hybridized carbons (Fsp3) is 0.250. The van der Waals surface area contributed by atoms with Crippen LogP contribution >= 0.6 is 11.6 Å². The SMILES string of the molecule is CN(C)C(=O)c1ccc(-c2cnc(N3CCN(C(=O)Cc4c[nH]c5ccccc45)CC3)c(N)c2)cc1Cl. The van der Waals surface area contributed by atoms with Gasteiger partial charge in [0.05, 0.1) is 22.7 Å². The number of carbonyl (C=O) groups excluding carboxylic acids is 2. The molecule has 0 spiro atoms. The summed E-state index contributed by atoms with van der Waals surface area (Å²) in [6.45, 7) is 2.54. The van der Waals surface area contributed by atoms with E-state index >= 15 is 0 Å². The third-order valence-electron chi connectivity index (χ3n) is 6.78. The summed E-state index contributed by atoms with van der Waals surface area (Å²) in [6, 6.07) is 15.2. The highest BCUT2D eigenvalue weighted by atomic mass is 35.5. The number of aromatic nitrogens is 2. The molecule has 1 saturated heterocycles. The number of anilines is 2. The lowest BCUT2D eigenvalue weighted by Gasteiger charge is -2.36. The van der Waals surface area contributed by atoms with E-state index in [1.165, 1.54) is 4.90 Å². The quantitative estimate of drug-likeness (QED) is 0.417. The van der Waals surface area contributed by atoms with Gasteiger partial charge >= 0.3 is 0 Å². The van der Waals surface area contributed by atoms with E-state index in [1.54, 1.807) is 32.4 Å². The highest BCUT2D eigenvalue weighted by Crippen LogP contribution is 2.30. The van der Waals surface area contributed by atoms with Crippen molar-refractivity contribution in [2.45, 2.75) is 6.42 Å². The van der Waals surface area contributed by atoms with E-state index in [4.69, 9.17) is 17.3 Å². The maximum Gasteiger partial charge on any atom is 0.254 e. The Bertz CT molecular complexity index is 1470. The van der Waals surface area contributed by atoms with Gasteiger partial charge in [0.2, 0.25) is 5.91 Å². The van der Waals surface area contributed by atoms with Gasteiger partial charge in [-0.2, -0.15) is 0 Å². The van der Waals surface area contributed by atoms with E-state index in [-0.39, 0.29) is 11.8 Å². The van der Waals surface area contributed by atoms with Crippen molar-refractivity contribution < 1.29 is 9.59 Å². The summed E-state index contributed by atoms with van der Waals surface area (Å²) in [5, 5.41) is 1.47. The Morgan fingerprint density at radius 2 is 1.81 bits per heavy atom. The third kappa shape index (κ3) is 4.97. The molecule has 9 heteroatoms. The molecule has 2 amide bonds. The van der Waals surface area contributed by atoms with E-state index in [0.29, 0.717) is 54.7 Å². The van der Waals surface area contributed by atoms with Gasteiger partial charge in [0, 0.05) is 69.1 Å². The Morgan fingerprint density at radius 1 is 1.05 bits per heavy atom. The maximum absolute atomic E-state index is 13.0. The average molecular weight is 517 g/mol. The van der Waals surface area contributed by atoms with Crippen LogP contribution in [-0.4, -0.2) is 71.9 Å². The number of rotatable bonds is 5. The number of nitrogens with zero attached hydrogens (tertiary/aromatic N) is 4. The summed E-state index contributed by atoms with van der Waals surface area (Å²) in [5.41, 5.74) is 11.1. The number of H-pyrrole nitrogens is 1. The number of amides is 2. The largest absolute Gasteiger partial charge is 0.396 e. The first-order chi connectivity index (χ1) is 17.8. The van der Waals surface area contributed by atoms with Gasteiger partial charge in [-0.15, -0.1) is 0 Å². The molecule has 2 aromatic heterocycles. The molecule has 3 N–H and O–H groups in total. The average Bonchev–Trinajstić information content (AvgIpc) is 3.31. The van der Waals surface area contributed by atoms with Crippen molar-refractivity contribution in [1.29, 1.82) is 0 Å². The predicted molar refractivity (Wildman–Crippen MR) is 148 cm³/mol. The summed E-state index contributed by atoms with van der Waals surface area (Å²) in [6.07, 6.45) is 4.06. The zero-order valence-electron chi connectivity index (χ0n) is 20.9. The number of pyridine rings is 1. The van der Waals surface area contributed by atoms with Crippen molar-refractivity contribution in [1.82, 2.24) is 19.8 Å². The number of aromatic amines is 1. The number of nitrogen functional groups attached to an aromatic ring is 1. The van der Waals surface area contributed by atoms with Gasteiger partial charge < -0.3 is 25.4 Å². The molecule has 0 atom stereocenters.